The van der Waals surface area contributed by atoms with Crippen LogP contribution in [0.1, 0.15) is 55.3 Å². The minimum atomic E-state index is -0.632. The summed E-state index contributed by atoms with van der Waals surface area (Å²) >= 11 is 3.34. The number of fused-ring (bicyclic) bond motifs is 1. The van der Waals surface area contributed by atoms with Crippen LogP contribution in [0.15, 0.2) is 11.1 Å². The number of pyridine rings is 1. The van der Waals surface area contributed by atoms with Gasteiger partial charge in [0.2, 0.25) is 0 Å². The smallest absolute Gasteiger partial charge is 0.114 e. The zero-order valence-corrected chi connectivity index (χ0v) is 15.3. The second-order valence-corrected chi connectivity index (χ2v) is 8.63. The number of rotatable bonds is 4. The third-order valence-electron chi connectivity index (χ3n) is 5.05. The van der Waals surface area contributed by atoms with Crippen LogP contribution in [0.3, 0.4) is 0 Å². The Hall–Kier alpha value is -0.700. The van der Waals surface area contributed by atoms with Crippen molar-refractivity contribution in [2.24, 2.45) is 0 Å². The minimum Gasteiger partial charge on any atom is -0.388 e. The van der Waals surface area contributed by atoms with Gasteiger partial charge < -0.3 is 5.11 Å². The van der Waals surface area contributed by atoms with Crippen LogP contribution in [-0.2, 0) is 12.8 Å². The zero-order chi connectivity index (χ0) is 16.3. The van der Waals surface area contributed by atoms with Crippen molar-refractivity contribution in [2.45, 2.75) is 67.2 Å². The molecule has 2 aliphatic carbocycles. The van der Waals surface area contributed by atoms with Crippen LogP contribution in [0.2, 0.25) is 0 Å². The summed E-state index contributed by atoms with van der Waals surface area (Å²) in [5.74, 6) is 0.638. The lowest BCUT2D eigenvalue weighted by atomic mass is 9.86. The molecule has 0 aliphatic heterocycles. The van der Waals surface area contributed by atoms with E-state index in [-0.39, 0.29) is 0 Å². The van der Waals surface area contributed by atoms with Crippen LogP contribution >= 0.6 is 23.5 Å². The molecule has 1 aromatic heterocycles. The van der Waals surface area contributed by atoms with Crippen LogP contribution < -0.4 is 0 Å². The molecule has 2 atom stereocenters. The van der Waals surface area contributed by atoms with Crippen LogP contribution in [0.5, 0.6) is 0 Å². The van der Waals surface area contributed by atoms with E-state index in [0.29, 0.717) is 16.6 Å². The van der Waals surface area contributed by atoms with Crippen molar-refractivity contribution in [3.8, 4) is 6.07 Å². The largest absolute Gasteiger partial charge is 0.388 e. The Bertz CT molecular complexity index is 614. The van der Waals surface area contributed by atoms with E-state index < -0.39 is 5.60 Å². The zero-order valence-electron chi connectivity index (χ0n) is 13.7. The second kappa shape index (κ2) is 7.46. The molecule has 2 aliphatic rings. The summed E-state index contributed by atoms with van der Waals surface area (Å²) in [7, 11) is 0. The lowest BCUT2D eigenvalue weighted by Gasteiger charge is -2.38. The van der Waals surface area contributed by atoms with E-state index >= 15 is 0 Å². The molecule has 23 heavy (non-hydrogen) atoms. The fraction of sp³-hybridized carbons (Fsp3) is 0.667. The van der Waals surface area contributed by atoms with Crippen molar-refractivity contribution in [3.63, 3.8) is 0 Å². The topological polar surface area (TPSA) is 56.9 Å². The molecule has 1 heterocycles. The Kier molecular flexibility index (Phi) is 5.56. The highest BCUT2D eigenvalue weighted by atomic mass is 32.2. The first-order chi connectivity index (χ1) is 11.2. The van der Waals surface area contributed by atoms with E-state index in [4.69, 9.17) is 4.98 Å². The number of hydrogen-bond acceptors (Lipinski definition) is 5. The molecule has 1 fully saturated rings. The SMILES string of the molecule is CS[C@H]1CCCC[C@]1(O)CSc1nc2c(cc1C#N)CCCC2. The molecule has 1 N–H and O–H groups in total. The van der Waals surface area contributed by atoms with Gasteiger partial charge in [0.05, 0.1) is 11.2 Å². The van der Waals surface area contributed by atoms with Gasteiger partial charge >= 0.3 is 0 Å². The Labute approximate surface area is 147 Å². The molecule has 124 valence electrons. The molecule has 0 saturated heterocycles. The second-order valence-electron chi connectivity index (χ2n) is 6.63. The van der Waals surface area contributed by atoms with Gasteiger partial charge in [-0.25, -0.2) is 4.98 Å². The molecule has 3 rings (SSSR count). The van der Waals surface area contributed by atoms with Gasteiger partial charge in [0.25, 0.3) is 0 Å². The van der Waals surface area contributed by atoms with Crippen LogP contribution in [0, 0.1) is 11.3 Å². The third kappa shape index (κ3) is 3.70. The highest BCUT2D eigenvalue weighted by Crippen LogP contribution is 2.39. The van der Waals surface area contributed by atoms with E-state index in [0.717, 1.165) is 42.8 Å². The number of hydrogen-bond donors (Lipinski definition) is 1. The van der Waals surface area contributed by atoms with Crippen molar-refractivity contribution >= 4 is 23.5 Å². The molecule has 0 amide bonds. The molecule has 3 nitrogen and oxygen atoms in total. The Morgan fingerprint density at radius 1 is 1.35 bits per heavy atom. The van der Waals surface area contributed by atoms with Gasteiger partial charge in [-0.2, -0.15) is 17.0 Å². The van der Waals surface area contributed by atoms with E-state index in [1.807, 2.05) is 6.07 Å². The van der Waals surface area contributed by atoms with Crippen molar-refractivity contribution in [3.05, 3.63) is 22.9 Å². The molecule has 1 aromatic rings. The van der Waals surface area contributed by atoms with Gasteiger partial charge in [-0.1, -0.05) is 12.8 Å². The van der Waals surface area contributed by atoms with Gasteiger partial charge in [0.1, 0.15) is 11.1 Å². The Morgan fingerprint density at radius 3 is 2.96 bits per heavy atom. The van der Waals surface area contributed by atoms with Crippen molar-refractivity contribution in [1.82, 2.24) is 4.98 Å². The predicted molar refractivity (Wildman–Crippen MR) is 97.0 cm³/mol. The quantitative estimate of drug-likeness (QED) is 0.835. The van der Waals surface area contributed by atoms with Crippen LogP contribution in [0.25, 0.3) is 0 Å². The highest BCUT2D eigenvalue weighted by molar-refractivity contribution is 8.00. The minimum absolute atomic E-state index is 0.298. The maximum absolute atomic E-state index is 11.0. The van der Waals surface area contributed by atoms with E-state index in [9.17, 15) is 10.4 Å². The van der Waals surface area contributed by atoms with E-state index in [1.54, 1.807) is 23.5 Å². The maximum atomic E-state index is 11.0. The lowest BCUT2D eigenvalue weighted by molar-refractivity contribution is 0.0340. The summed E-state index contributed by atoms with van der Waals surface area (Å²) in [6.45, 7) is 0. The highest BCUT2D eigenvalue weighted by Gasteiger charge is 2.38. The molecule has 0 bridgehead atoms. The summed E-state index contributed by atoms with van der Waals surface area (Å²) in [5, 5.41) is 21.6. The molecule has 0 unspecified atom stereocenters. The first-order valence-corrected chi connectivity index (χ1v) is 10.7. The summed E-state index contributed by atoms with van der Waals surface area (Å²) in [6, 6.07) is 4.33. The molecule has 0 radical (unpaired) electrons. The van der Waals surface area contributed by atoms with Crippen molar-refractivity contribution in [2.75, 3.05) is 12.0 Å². The van der Waals surface area contributed by atoms with Gasteiger partial charge in [-0.05, 0) is 56.4 Å². The molecular weight excluding hydrogens is 324 g/mol. The average Bonchev–Trinajstić information content (AvgIpc) is 2.59. The van der Waals surface area contributed by atoms with E-state index in [2.05, 4.69) is 12.3 Å². The molecule has 5 heteroatoms. The number of aryl methyl sites for hydroxylation is 2. The Balaban J connectivity index is 1.78. The monoisotopic (exact) mass is 348 g/mol. The summed E-state index contributed by atoms with van der Waals surface area (Å²) in [4.78, 5) is 4.77. The third-order valence-corrected chi connectivity index (χ3v) is 7.53. The summed E-state index contributed by atoms with van der Waals surface area (Å²) in [5.41, 5.74) is 2.45. The number of aliphatic hydroxyl groups is 1. The van der Waals surface area contributed by atoms with Crippen molar-refractivity contribution in [1.29, 1.82) is 5.26 Å². The first-order valence-electron chi connectivity index (χ1n) is 8.47. The number of nitrogens with zero attached hydrogens (tertiary/aromatic N) is 2. The van der Waals surface area contributed by atoms with Crippen LogP contribution in [-0.4, -0.2) is 33.0 Å². The van der Waals surface area contributed by atoms with Crippen molar-refractivity contribution < 1.29 is 5.11 Å². The molecule has 1 saturated carbocycles. The van der Waals surface area contributed by atoms with Crippen LogP contribution in [0.4, 0.5) is 0 Å². The lowest BCUT2D eigenvalue weighted by Crippen LogP contribution is -2.45. The van der Waals surface area contributed by atoms with Gasteiger partial charge in [0.15, 0.2) is 0 Å². The molecule has 0 aromatic carbocycles. The fourth-order valence-corrected chi connectivity index (χ4v) is 6.01. The Morgan fingerprint density at radius 2 is 2.17 bits per heavy atom. The normalized spacial score (nSPS) is 27.3. The molecule has 0 spiro atoms. The fourth-order valence-electron chi connectivity index (χ4n) is 3.69. The van der Waals surface area contributed by atoms with E-state index in [1.165, 1.54) is 24.8 Å². The summed E-state index contributed by atoms with van der Waals surface area (Å²) in [6.07, 6.45) is 10.8. The summed E-state index contributed by atoms with van der Waals surface area (Å²) < 4.78 is 0. The van der Waals surface area contributed by atoms with Gasteiger partial charge in [-0.3, -0.25) is 0 Å². The molecular formula is C18H24N2OS2. The standard InChI is InChI=1S/C18H24N2OS2/c1-22-16-8-4-5-9-18(16,21)12-23-17-14(11-19)10-13-6-2-3-7-15(13)20-17/h10,16,21H,2-9,12H2,1H3/t16-,18-/m0/s1. The number of nitriles is 1. The number of thioether (sulfide) groups is 2. The number of aromatic nitrogens is 1. The first kappa shape index (κ1) is 17.1. The average molecular weight is 349 g/mol. The van der Waals surface area contributed by atoms with Gasteiger partial charge in [-0.15, -0.1) is 11.8 Å². The predicted octanol–water partition coefficient (Wildman–Crippen LogP) is 3.96. The maximum Gasteiger partial charge on any atom is 0.114 e. The van der Waals surface area contributed by atoms with Gasteiger partial charge in [0, 0.05) is 16.7 Å².